The number of ether oxygens (including phenoxy) is 2. The first-order valence-corrected chi connectivity index (χ1v) is 4.08. The molecule has 1 aliphatic heterocycles. The lowest BCUT2D eigenvalue weighted by Crippen LogP contribution is -2.11. The highest BCUT2D eigenvalue weighted by atomic mass is 35.5. The molecule has 2 nitrogen and oxygen atoms in total. The number of hydrogen-bond acceptors (Lipinski definition) is 2. The van der Waals surface area contributed by atoms with E-state index < -0.39 is 0 Å². The zero-order chi connectivity index (χ0) is 8.97. The smallest absolute Gasteiger partial charge is 0.162 e. The van der Waals surface area contributed by atoms with Crippen LogP contribution in [0.15, 0.2) is 35.3 Å². The zero-order valence-electron chi connectivity index (χ0n) is 6.97. The number of hydrogen-bond donors (Lipinski definition) is 0. The average molecular weight is 187 g/mol. The van der Waals surface area contributed by atoms with Gasteiger partial charge in [0.2, 0.25) is 0 Å². The topological polar surface area (TPSA) is 18.5 Å². The molecule has 0 aromatic rings. The predicted molar refractivity (Wildman–Crippen MR) is 48.7 cm³/mol. The fourth-order valence-corrected chi connectivity index (χ4v) is 0.998. The summed E-state index contributed by atoms with van der Waals surface area (Å²) < 4.78 is 10.6. The lowest BCUT2D eigenvalue weighted by Gasteiger charge is -2.18. The molecule has 0 bridgehead atoms. The van der Waals surface area contributed by atoms with Gasteiger partial charge in [-0.1, -0.05) is 18.2 Å². The van der Waals surface area contributed by atoms with Gasteiger partial charge in [0.05, 0.1) is 0 Å². The van der Waals surface area contributed by atoms with E-state index in [0.29, 0.717) is 29.8 Å². The van der Waals surface area contributed by atoms with Crippen LogP contribution in [0, 0.1) is 0 Å². The van der Waals surface area contributed by atoms with Crippen LogP contribution >= 0.6 is 11.6 Å². The summed E-state index contributed by atoms with van der Waals surface area (Å²) in [6.45, 7) is 6.52. The third-order valence-corrected chi connectivity index (χ3v) is 1.47. The van der Waals surface area contributed by atoms with Crippen LogP contribution in [0.4, 0.5) is 0 Å². The summed E-state index contributed by atoms with van der Waals surface area (Å²) in [5.41, 5.74) is 0. The summed E-state index contributed by atoms with van der Waals surface area (Å²) in [4.78, 5) is 0. The Bertz CT molecular complexity index is 237. The molecular formula is C9H11ClO2. The molecule has 0 aromatic heterocycles. The molecule has 0 spiro atoms. The van der Waals surface area contributed by atoms with E-state index in [0.717, 1.165) is 0 Å². The maximum absolute atomic E-state index is 5.69. The minimum atomic E-state index is 0.563. The zero-order valence-corrected chi connectivity index (χ0v) is 7.73. The van der Waals surface area contributed by atoms with E-state index in [4.69, 9.17) is 21.1 Å². The quantitative estimate of drug-likeness (QED) is 0.660. The average Bonchev–Trinajstić information content (AvgIpc) is 2.04. The summed E-state index contributed by atoms with van der Waals surface area (Å²) in [7, 11) is 0. The van der Waals surface area contributed by atoms with Gasteiger partial charge in [0.15, 0.2) is 11.5 Å². The second kappa shape index (κ2) is 4.21. The number of halogens is 1. The fourth-order valence-electron chi connectivity index (χ4n) is 0.898. The molecule has 1 aliphatic rings. The largest absolute Gasteiger partial charge is 0.486 e. The molecule has 0 aliphatic carbocycles. The summed E-state index contributed by atoms with van der Waals surface area (Å²) >= 11 is 5.69. The maximum Gasteiger partial charge on any atom is 0.162 e. The second-order valence-corrected chi connectivity index (χ2v) is 2.96. The Kier molecular flexibility index (Phi) is 3.23. The van der Waals surface area contributed by atoms with Crippen molar-refractivity contribution in [2.45, 2.75) is 6.92 Å². The van der Waals surface area contributed by atoms with Gasteiger partial charge in [0.25, 0.3) is 0 Å². The lowest BCUT2D eigenvalue weighted by molar-refractivity contribution is 0.0769. The molecule has 12 heavy (non-hydrogen) atoms. The van der Waals surface area contributed by atoms with Crippen molar-refractivity contribution in [1.29, 1.82) is 0 Å². The molecule has 0 unspecified atom stereocenters. The first-order chi connectivity index (χ1) is 5.74. The Hall–Kier alpha value is -0.890. The molecule has 66 valence electrons. The summed E-state index contributed by atoms with van der Waals surface area (Å²) in [6, 6.07) is 0. The van der Waals surface area contributed by atoms with Gasteiger partial charge in [-0.25, -0.2) is 0 Å². The molecule has 1 rings (SSSR count). The highest BCUT2D eigenvalue weighted by molar-refractivity contribution is 6.29. The van der Waals surface area contributed by atoms with Crippen molar-refractivity contribution in [3.63, 3.8) is 0 Å². The summed E-state index contributed by atoms with van der Waals surface area (Å²) in [5.74, 6) is 1.31. The highest BCUT2D eigenvalue weighted by Crippen LogP contribution is 2.17. The normalized spacial score (nSPS) is 18.3. The summed E-state index contributed by atoms with van der Waals surface area (Å²) in [6.07, 6.45) is 3.34. The Labute approximate surface area is 77.1 Å². The van der Waals surface area contributed by atoms with Crippen molar-refractivity contribution >= 4 is 11.6 Å². The highest BCUT2D eigenvalue weighted by Gasteiger charge is 2.09. The van der Waals surface area contributed by atoms with Crippen molar-refractivity contribution in [3.8, 4) is 0 Å². The summed E-state index contributed by atoms with van der Waals surface area (Å²) in [5, 5.41) is 0.662. The first-order valence-electron chi connectivity index (χ1n) is 3.70. The fraction of sp³-hybridized carbons (Fsp3) is 0.333. The number of rotatable bonds is 2. The molecule has 0 aromatic carbocycles. The van der Waals surface area contributed by atoms with Crippen molar-refractivity contribution in [2.75, 3.05) is 13.2 Å². The lowest BCUT2D eigenvalue weighted by atomic mass is 10.3. The Balaban J connectivity index is 2.87. The van der Waals surface area contributed by atoms with E-state index in [1.165, 1.54) is 0 Å². The van der Waals surface area contributed by atoms with E-state index in [2.05, 4.69) is 6.58 Å². The maximum atomic E-state index is 5.69. The van der Waals surface area contributed by atoms with Gasteiger partial charge < -0.3 is 9.47 Å². The Morgan fingerprint density at radius 1 is 1.42 bits per heavy atom. The molecule has 3 heteroatoms. The van der Waals surface area contributed by atoms with Gasteiger partial charge in [-0.2, -0.15) is 0 Å². The van der Waals surface area contributed by atoms with E-state index in [1.807, 2.05) is 0 Å². The molecule has 0 amide bonds. The third-order valence-electron chi connectivity index (χ3n) is 1.36. The minimum Gasteiger partial charge on any atom is -0.486 e. The van der Waals surface area contributed by atoms with E-state index >= 15 is 0 Å². The molecule has 0 saturated heterocycles. The minimum absolute atomic E-state index is 0.563. The molecule has 1 heterocycles. The van der Waals surface area contributed by atoms with Crippen LogP contribution in [0.5, 0.6) is 0 Å². The Morgan fingerprint density at radius 2 is 2.00 bits per heavy atom. The van der Waals surface area contributed by atoms with Crippen LogP contribution in [0.25, 0.3) is 0 Å². The van der Waals surface area contributed by atoms with E-state index in [-0.39, 0.29) is 0 Å². The third kappa shape index (κ3) is 2.31. The van der Waals surface area contributed by atoms with Gasteiger partial charge in [0.1, 0.15) is 13.2 Å². The molecule has 0 radical (unpaired) electrons. The van der Waals surface area contributed by atoms with E-state index in [9.17, 15) is 0 Å². The first kappa shape index (κ1) is 9.20. The monoisotopic (exact) mass is 186 g/mol. The van der Waals surface area contributed by atoms with Crippen LogP contribution in [-0.4, -0.2) is 13.2 Å². The Morgan fingerprint density at radius 3 is 2.50 bits per heavy atom. The van der Waals surface area contributed by atoms with Crippen molar-refractivity contribution in [2.24, 2.45) is 0 Å². The van der Waals surface area contributed by atoms with Crippen molar-refractivity contribution in [3.05, 3.63) is 35.3 Å². The standard InChI is InChI=1S/C9H11ClO2/c1-3-8-9(6-7(2)10)12-5-4-11-8/h3,6H,1,4-5H2,2H3/b7-6+. The van der Waals surface area contributed by atoms with Crippen LogP contribution < -0.4 is 0 Å². The molecule has 0 N–H and O–H groups in total. The van der Waals surface area contributed by atoms with Gasteiger partial charge in [-0.3, -0.25) is 0 Å². The molecule has 0 fully saturated rings. The van der Waals surface area contributed by atoms with Crippen LogP contribution in [-0.2, 0) is 9.47 Å². The van der Waals surface area contributed by atoms with Gasteiger partial charge in [0, 0.05) is 5.03 Å². The van der Waals surface area contributed by atoms with Gasteiger partial charge in [-0.15, -0.1) is 0 Å². The van der Waals surface area contributed by atoms with Gasteiger partial charge in [-0.05, 0) is 19.1 Å². The van der Waals surface area contributed by atoms with Crippen LogP contribution in [0.3, 0.4) is 0 Å². The van der Waals surface area contributed by atoms with Crippen LogP contribution in [0.1, 0.15) is 6.92 Å². The second-order valence-electron chi connectivity index (χ2n) is 2.36. The van der Waals surface area contributed by atoms with E-state index in [1.54, 1.807) is 19.1 Å². The predicted octanol–water partition coefficient (Wildman–Crippen LogP) is 2.57. The van der Waals surface area contributed by atoms with Crippen LogP contribution in [0.2, 0.25) is 0 Å². The molecule has 0 atom stereocenters. The SMILES string of the molecule is C=CC1=C(/C=C(\C)Cl)OCCO1. The van der Waals surface area contributed by atoms with Crippen molar-refractivity contribution in [1.82, 2.24) is 0 Å². The molecule has 0 saturated carbocycles. The number of allylic oxidation sites excluding steroid dienone is 3. The molecular weight excluding hydrogens is 176 g/mol. The van der Waals surface area contributed by atoms with Crippen molar-refractivity contribution < 1.29 is 9.47 Å². The van der Waals surface area contributed by atoms with Gasteiger partial charge >= 0.3 is 0 Å².